The van der Waals surface area contributed by atoms with Crippen LogP contribution in [-0.2, 0) is 33.4 Å². The third-order valence-corrected chi connectivity index (χ3v) is 10.1. The van der Waals surface area contributed by atoms with E-state index in [2.05, 4.69) is 26.6 Å². The molecule has 3 aliphatic rings. The minimum absolute atomic E-state index is 0.0256. The lowest BCUT2D eigenvalue weighted by molar-refractivity contribution is -0.127. The van der Waals surface area contributed by atoms with Gasteiger partial charge in [0.2, 0.25) is 17.7 Å². The third-order valence-electron chi connectivity index (χ3n) is 8.59. The zero-order valence-electron chi connectivity index (χ0n) is 27.4. The van der Waals surface area contributed by atoms with Crippen LogP contribution in [0.2, 0.25) is 0 Å². The van der Waals surface area contributed by atoms with Crippen molar-refractivity contribution in [3.05, 3.63) is 0 Å². The van der Waals surface area contributed by atoms with Crippen molar-refractivity contribution < 1.29 is 38.2 Å². The predicted molar refractivity (Wildman–Crippen MR) is 175 cm³/mol. The summed E-state index contributed by atoms with van der Waals surface area (Å²) in [4.78, 5) is 59.3. The van der Waals surface area contributed by atoms with Gasteiger partial charge in [0.1, 0.15) is 5.78 Å². The van der Waals surface area contributed by atoms with Gasteiger partial charge in [-0.1, -0.05) is 12.8 Å². The van der Waals surface area contributed by atoms with Crippen molar-refractivity contribution >= 4 is 41.3 Å². The molecule has 13 nitrogen and oxygen atoms in total. The molecule has 2 aliphatic heterocycles. The normalized spacial score (nSPS) is 23.7. The highest BCUT2D eigenvalue weighted by molar-refractivity contribution is 8.00. The maximum Gasteiger partial charge on any atom is 0.315 e. The van der Waals surface area contributed by atoms with Crippen molar-refractivity contribution in [2.45, 2.75) is 107 Å². The van der Waals surface area contributed by atoms with E-state index in [1.807, 2.05) is 11.8 Å². The molecule has 1 saturated carbocycles. The molecule has 5 atom stereocenters. The fourth-order valence-corrected chi connectivity index (χ4v) is 7.56. The van der Waals surface area contributed by atoms with Gasteiger partial charge in [-0.25, -0.2) is 4.79 Å². The van der Waals surface area contributed by atoms with Crippen molar-refractivity contribution in [1.29, 1.82) is 0 Å². The second-order valence-electron chi connectivity index (χ2n) is 12.4. The van der Waals surface area contributed by atoms with Gasteiger partial charge >= 0.3 is 6.03 Å². The topological polar surface area (TPSA) is 173 Å². The number of carbonyl (C=O) groups is 5. The van der Waals surface area contributed by atoms with E-state index in [4.69, 9.17) is 14.2 Å². The van der Waals surface area contributed by atoms with Crippen LogP contribution < -0.4 is 26.6 Å². The number of ketones is 1. The second-order valence-corrected chi connectivity index (χ2v) is 13.6. The molecule has 46 heavy (non-hydrogen) atoms. The number of carbonyl (C=O) groups excluding carboxylic acids is 5. The van der Waals surface area contributed by atoms with Crippen molar-refractivity contribution in [3.63, 3.8) is 0 Å². The highest BCUT2D eigenvalue weighted by Crippen LogP contribution is 2.33. The van der Waals surface area contributed by atoms with Gasteiger partial charge < -0.3 is 40.8 Å². The number of unbranched alkanes of at least 4 members (excludes halogenated alkanes) is 1. The van der Waals surface area contributed by atoms with Crippen LogP contribution in [0.1, 0.15) is 84.0 Å². The Morgan fingerprint density at radius 1 is 0.783 bits per heavy atom. The average molecular weight is 670 g/mol. The van der Waals surface area contributed by atoms with Gasteiger partial charge in [-0.05, 0) is 51.9 Å². The first-order valence-corrected chi connectivity index (χ1v) is 18.1. The van der Waals surface area contributed by atoms with E-state index in [0.717, 1.165) is 50.7 Å². The van der Waals surface area contributed by atoms with E-state index >= 15 is 0 Å². The number of thioether (sulfide) groups is 1. The van der Waals surface area contributed by atoms with Crippen LogP contribution in [-0.4, -0.2) is 111 Å². The summed E-state index contributed by atoms with van der Waals surface area (Å²) < 4.78 is 16.6. The highest BCUT2D eigenvalue weighted by Gasteiger charge is 2.42. The molecule has 2 saturated heterocycles. The summed E-state index contributed by atoms with van der Waals surface area (Å²) in [7, 11) is 0. The average Bonchev–Trinajstić information content (AvgIpc) is 3.59. The molecule has 0 spiro atoms. The number of hydrogen-bond acceptors (Lipinski definition) is 9. The Morgan fingerprint density at radius 2 is 1.41 bits per heavy atom. The summed E-state index contributed by atoms with van der Waals surface area (Å²) in [6, 6.07) is 0.430. The Balaban J connectivity index is 1.00. The zero-order valence-corrected chi connectivity index (χ0v) is 28.2. The largest absolute Gasteiger partial charge is 0.379 e. The first-order valence-electron chi connectivity index (χ1n) is 17.1. The van der Waals surface area contributed by atoms with Crippen LogP contribution in [0.25, 0.3) is 0 Å². The van der Waals surface area contributed by atoms with Crippen molar-refractivity contribution in [1.82, 2.24) is 26.6 Å². The van der Waals surface area contributed by atoms with E-state index < -0.39 is 0 Å². The number of fused-ring (bicyclic) bond motifs is 1. The molecule has 0 aromatic carbocycles. The molecular formula is C32H55N5O8S. The summed E-state index contributed by atoms with van der Waals surface area (Å²) in [5, 5.41) is 15.1. The zero-order chi connectivity index (χ0) is 33.0. The standard InChI is InChI=1S/C32H55N5O8S/c1-23(38)24-7-4-8-25(21-24)35-30(41)12-11-29(40)34-14-6-16-44-18-20-45-19-17-43-15-5-13-33-28(39)10-3-2-9-27-31-26(22-46-27)36-32(42)37-31/h24-27,31H,2-22H2,1H3,(H,33,39)(H,34,40)(H,35,41)(H2,36,37,42). The molecule has 0 aromatic rings. The van der Waals surface area contributed by atoms with Gasteiger partial charge in [0.15, 0.2) is 0 Å². The predicted octanol–water partition coefficient (Wildman–Crippen LogP) is 1.82. The lowest BCUT2D eigenvalue weighted by atomic mass is 9.83. The number of Topliss-reactive ketones (excluding diaryl/α,β-unsaturated/α-hetero) is 1. The molecule has 0 bridgehead atoms. The van der Waals surface area contributed by atoms with Crippen LogP contribution in [0, 0.1) is 5.92 Å². The molecule has 3 fully saturated rings. The van der Waals surface area contributed by atoms with E-state index in [0.29, 0.717) is 77.2 Å². The lowest BCUT2D eigenvalue weighted by Crippen LogP contribution is -2.40. The quantitative estimate of drug-likeness (QED) is 0.0759. The van der Waals surface area contributed by atoms with Crippen molar-refractivity contribution in [3.8, 4) is 0 Å². The smallest absolute Gasteiger partial charge is 0.315 e. The molecule has 0 radical (unpaired) electrons. The van der Waals surface area contributed by atoms with Crippen molar-refractivity contribution in [2.24, 2.45) is 5.92 Å². The van der Waals surface area contributed by atoms with Gasteiger partial charge in [-0.15, -0.1) is 0 Å². The lowest BCUT2D eigenvalue weighted by Gasteiger charge is -2.28. The van der Waals surface area contributed by atoms with Crippen LogP contribution >= 0.6 is 11.8 Å². The van der Waals surface area contributed by atoms with Crippen molar-refractivity contribution in [2.75, 3.05) is 58.5 Å². The van der Waals surface area contributed by atoms with E-state index in [-0.39, 0.29) is 66.4 Å². The Kier molecular flexibility index (Phi) is 18.4. The Bertz CT molecular complexity index is 973. The fourth-order valence-electron chi connectivity index (χ4n) is 6.01. The Hall–Kier alpha value is -2.42. The van der Waals surface area contributed by atoms with Crippen LogP contribution in [0.15, 0.2) is 0 Å². The fraction of sp³-hybridized carbons (Fsp3) is 0.844. The number of ether oxygens (including phenoxy) is 3. The summed E-state index contributed by atoms with van der Waals surface area (Å²) in [6.45, 7) is 5.61. The van der Waals surface area contributed by atoms with Crippen LogP contribution in [0.4, 0.5) is 4.79 Å². The Labute approximate surface area is 277 Å². The molecule has 1 aliphatic carbocycles. The molecule has 5 amide bonds. The molecule has 2 heterocycles. The highest BCUT2D eigenvalue weighted by atomic mass is 32.2. The summed E-state index contributed by atoms with van der Waals surface area (Å²) >= 11 is 1.90. The minimum atomic E-state index is -0.158. The maximum atomic E-state index is 12.2. The van der Waals surface area contributed by atoms with E-state index in [9.17, 15) is 24.0 Å². The summed E-state index contributed by atoms with van der Waals surface area (Å²) in [6.07, 6.45) is 8.48. The monoisotopic (exact) mass is 669 g/mol. The van der Waals surface area contributed by atoms with Gasteiger partial charge in [-0.2, -0.15) is 11.8 Å². The second kappa shape index (κ2) is 22.2. The number of nitrogens with one attached hydrogen (secondary N) is 5. The molecule has 5 unspecified atom stereocenters. The van der Waals surface area contributed by atoms with E-state index in [1.165, 1.54) is 0 Å². The van der Waals surface area contributed by atoms with Gasteiger partial charge in [0.25, 0.3) is 0 Å². The number of hydrogen-bond donors (Lipinski definition) is 5. The maximum absolute atomic E-state index is 12.2. The Morgan fingerprint density at radius 3 is 2.09 bits per heavy atom. The van der Waals surface area contributed by atoms with Gasteiger partial charge in [-0.3, -0.25) is 19.2 Å². The van der Waals surface area contributed by atoms with Gasteiger partial charge in [0, 0.05) is 68.5 Å². The SMILES string of the molecule is CC(=O)C1CCCC(NC(=O)CCC(=O)NCCCOCCOCCOCCCNC(=O)CCCCC2SCC3NC(=O)NC32)C1. The molecule has 3 rings (SSSR count). The first kappa shape index (κ1) is 38.0. The molecular weight excluding hydrogens is 614 g/mol. The number of amides is 5. The first-order chi connectivity index (χ1) is 22.3. The van der Waals surface area contributed by atoms with Gasteiger partial charge in [0.05, 0.1) is 38.5 Å². The summed E-state index contributed by atoms with van der Waals surface area (Å²) in [5.74, 6) is 0.947. The molecule has 14 heteroatoms. The molecule has 0 aromatic heterocycles. The summed E-state index contributed by atoms with van der Waals surface area (Å²) in [5.41, 5.74) is 0. The molecule has 5 N–H and O–H groups in total. The van der Waals surface area contributed by atoms with Crippen LogP contribution in [0.5, 0.6) is 0 Å². The number of rotatable bonds is 24. The third kappa shape index (κ3) is 15.4. The minimum Gasteiger partial charge on any atom is -0.379 e. The van der Waals surface area contributed by atoms with Crippen LogP contribution in [0.3, 0.4) is 0 Å². The van der Waals surface area contributed by atoms with E-state index in [1.54, 1.807) is 6.92 Å². The molecule has 262 valence electrons. The number of urea groups is 1.